The molecule has 0 atom stereocenters. The molecule has 2 rings (SSSR count). The lowest BCUT2D eigenvalue weighted by Crippen LogP contribution is -2.52. The minimum absolute atomic E-state index is 0.0227. The maximum Gasteiger partial charge on any atom is 0.0579 e. The molecule has 1 aromatic heterocycles. The molecule has 15 heavy (non-hydrogen) atoms. The largest absolute Gasteiger partial charge is 0.396 e. The Balaban J connectivity index is 1.77. The van der Waals surface area contributed by atoms with Crippen LogP contribution < -0.4 is 5.32 Å². The van der Waals surface area contributed by atoms with Crippen LogP contribution in [0.3, 0.4) is 0 Å². The summed E-state index contributed by atoms with van der Waals surface area (Å²) in [6.07, 6.45) is 0. The molecule has 4 heteroatoms. The minimum atomic E-state index is -0.0227. The van der Waals surface area contributed by atoms with Crippen molar-refractivity contribution in [1.29, 1.82) is 0 Å². The van der Waals surface area contributed by atoms with Gasteiger partial charge >= 0.3 is 0 Å². The standard InChI is InChI=1S/C11H17NO2S/c1-9-2-3-15-10(9)4-12-5-11(6-13)7-14-8-11/h2-3,12-13H,4-8H2,1H3. The lowest BCUT2D eigenvalue weighted by Gasteiger charge is -2.40. The van der Waals surface area contributed by atoms with Crippen LogP contribution in [-0.4, -0.2) is 31.5 Å². The highest BCUT2D eigenvalue weighted by Crippen LogP contribution is 2.26. The van der Waals surface area contributed by atoms with Gasteiger partial charge < -0.3 is 15.2 Å². The molecule has 0 aromatic carbocycles. The summed E-state index contributed by atoms with van der Waals surface area (Å²) in [5, 5.41) is 14.7. The van der Waals surface area contributed by atoms with Gasteiger partial charge in [0, 0.05) is 18.0 Å². The maximum atomic E-state index is 9.23. The highest BCUT2D eigenvalue weighted by Gasteiger charge is 2.37. The molecule has 1 saturated heterocycles. The van der Waals surface area contributed by atoms with Crippen molar-refractivity contribution in [3.05, 3.63) is 21.9 Å². The number of aliphatic hydroxyl groups is 1. The van der Waals surface area contributed by atoms with E-state index in [0.29, 0.717) is 13.2 Å². The van der Waals surface area contributed by atoms with Gasteiger partial charge in [0.1, 0.15) is 0 Å². The number of thiophene rings is 1. The summed E-state index contributed by atoms with van der Waals surface area (Å²) >= 11 is 1.78. The third-order valence-electron chi connectivity index (χ3n) is 2.91. The van der Waals surface area contributed by atoms with E-state index >= 15 is 0 Å². The number of aliphatic hydroxyl groups excluding tert-OH is 1. The number of nitrogens with one attached hydrogen (secondary N) is 1. The molecule has 0 spiro atoms. The molecular formula is C11H17NO2S. The van der Waals surface area contributed by atoms with Gasteiger partial charge in [0.25, 0.3) is 0 Å². The summed E-state index contributed by atoms with van der Waals surface area (Å²) < 4.78 is 5.14. The third kappa shape index (κ3) is 2.39. The fraction of sp³-hybridized carbons (Fsp3) is 0.636. The molecule has 2 N–H and O–H groups in total. The summed E-state index contributed by atoms with van der Waals surface area (Å²) in [7, 11) is 0. The molecule has 1 fully saturated rings. The van der Waals surface area contributed by atoms with Crippen molar-refractivity contribution in [3.63, 3.8) is 0 Å². The molecule has 3 nitrogen and oxygen atoms in total. The van der Waals surface area contributed by atoms with Crippen molar-refractivity contribution in [3.8, 4) is 0 Å². The topological polar surface area (TPSA) is 41.5 Å². The van der Waals surface area contributed by atoms with Gasteiger partial charge in [-0.2, -0.15) is 0 Å². The van der Waals surface area contributed by atoms with Crippen molar-refractivity contribution in [1.82, 2.24) is 5.32 Å². The van der Waals surface area contributed by atoms with E-state index < -0.39 is 0 Å². The summed E-state index contributed by atoms with van der Waals surface area (Å²) in [4.78, 5) is 1.38. The first-order valence-corrected chi connectivity index (χ1v) is 6.06. The zero-order valence-corrected chi connectivity index (χ0v) is 9.77. The second-order valence-corrected chi connectivity index (χ2v) is 5.28. The minimum Gasteiger partial charge on any atom is -0.396 e. The van der Waals surface area contributed by atoms with Crippen molar-refractivity contribution in [2.24, 2.45) is 5.41 Å². The van der Waals surface area contributed by atoms with Crippen LogP contribution in [0, 0.1) is 12.3 Å². The van der Waals surface area contributed by atoms with Crippen molar-refractivity contribution >= 4 is 11.3 Å². The van der Waals surface area contributed by atoms with Crippen LogP contribution in [0.4, 0.5) is 0 Å². The second-order valence-electron chi connectivity index (χ2n) is 4.28. The van der Waals surface area contributed by atoms with E-state index in [1.165, 1.54) is 10.4 Å². The molecule has 0 saturated carbocycles. The summed E-state index contributed by atoms with van der Waals surface area (Å²) in [5.41, 5.74) is 1.32. The van der Waals surface area contributed by atoms with E-state index in [-0.39, 0.29) is 12.0 Å². The summed E-state index contributed by atoms with van der Waals surface area (Å²) in [6.45, 7) is 5.43. The Hall–Kier alpha value is -0.420. The zero-order valence-electron chi connectivity index (χ0n) is 8.95. The lowest BCUT2D eigenvalue weighted by atomic mass is 9.87. The smallest absolute Gasteiger partial charge is 0.0579 e. The second kappa shape index (κ2) is 4.61. The van der Waals surface area contributed by atoms with Gasteiger partial charge in [-0.25, -0.2) is 0 Å². The fourth-order valence-corrected chi connectivity index (χ4v) is 2.54. The normalized spacial score (nSPS) is 18.8. The number of aryl methyl sites for hydroxylation is 1. The van der Waals surface area contributed by atoms with Crippen LogP contribution in [0.5, 0.6) is 0 Å². The molecular weight excluding hydrogens is 210 g/mol. The summed E-state index contributed by atoms with van der Waals surface area (Å²) in [5.74, 6) is 0. The molecule has 2 heterocycles. The van der Waals surface area contributed by atoms with E-state index in [1.54, 1.807) is 11.3 Å². The molecule has 0 radical (unpaired) electrons. The molecule has 0 aliphatic carbocycles. The lowest BCUT2D eigenvalue weighted by molar-refractivity contribution is -0.134. The highest BCUT2D eigenvalue weighted by atomic mass is 32.1. The molecule has 0 bridgehead atoms. The first kappa shape index (κ1) is 11.1. The number of rotatable bonds is 5. The Bertz CT molecular complexity index is 315. The number of ether oxygens (including phenoxy) is 1. The van der Waals surface area contributed by atoms with E-state index in [4.69, 9.17) is 4.74 Å². The van der Waals surface area contributed by atoms with Gasteiger partial charge in [0.15, 0.2) is 0 Å². The van der Waals surface area contributed by atoms with E-state index in [2.05, 4.69) is 23.7 Å². The molecule has 1 aliphatic heterocycles. The van der Waals surface area contributed by atoms with Gasteiger partial charge in [-0.05, 0) is 23.9 Å². The van der Waals surface area contributed by atoms with Crippen LogP contribution in [0.25, 0.3) is 0 Å². The van der Waals surface area contributed by atoms with E-state index in [0.717, 1.165) is 13.1 Å². The van der Waals surface area contributed by atoms with Crippen LogP contribution in [-0.2, 0) is 11.3 Å². The SMILES string of the molecule is Cc1ccsc1CNCC1(CO)COC1. The van der Waals surface area contributed by atoms with Gasteiger partial charge in [-0.15, -0.1) is 11.3 Å². The van der Waals surface area contributed by atoms with Crippen LogP contribution in [0.1, 0.15) is 10.4 Å². The number of hydrogen-bond acceptors (Lipinski definition) is 4. The van der Waals surface area contributed by atoms with Crippen LogP contribution >= 0.6 is 11.3 Å². The van der Waals surface area contributed by atoms with Gasteiger partial charge in [-0.3, -0.25) is 0 Å². The van der Waals surface area contributed by atoms with E-state index in [1.807, 2.05) is 0 Å². The Morgan fingerprint density at radius 3 is 2.87 bits per heavy atom. The Morgan fingerprint density at radius 1 is 1.60 bits per heavy atom. The van der Waals surface area contributed by atoms with Gasteiger partial charge in [0.05, 0.1) is 25.2 Å². The summed E-state index contributed by atoms with van der Waals surface area (Å²) in [6, 6.07) is 2.13. The van der Waals surface area contributed by atoms with Gasteiger partial charge in [-0.1, -0.05) is 0 Å². The molecule has 1 aliphatic rings. The number of hydrogen-bond donors (Lipinski definition) is 2. The van der Waals surface area contributed by atoms with Gasteiger partial charge in [0.2, 0.25) is 0 Å². The highest BCUT2D eigenvalue weighted by molar-refractivity contribution is 7.10. The van der Waals surface area contributed by atoms with Crippen molar-refractivity contribution in [2.45, 2.75) is 13.5 Å². The monoisotopic (exact) mass is 227 g/mol. The first-order valence-electron chi connectivity index (χ1n) is 5.18. The quantitative estimate of drug-likeness (QED) is 0.793. The molecule has 84 valence electrons. The molecule has 0 unspecified atom stereocenters. The third-order valence-corrected chi connectivity index (χ3v) is 3.93. The first-order chi connectivity index (χ1) is 7.26. The van der Waals surface area contributed by atoms with Crippen molar-refractivity contribution < 1.29 is 9.84 Å². The zero-order chi connectivity index (χ0) is 10.7. The Labute approximate surface area is 94.1 Å². The Kier molecular flexibility index (Phi) is 3.41. The van der Waals surface area contributed by atoms with Crippen molar-refractivity contribution in [2.75, 3.05) is 26.4 Å². The average Bonchev–Trinajstić information content (AvgIpc) is 2.57. The molecule has 0 amide bonds. The van der Waals surface area contributed by atoms with E-state index in [9.17, 15) is 5.11 Å². The average molecular weight is 227 g/mol. The maximum absolute atomic E-state index is 9.23. The predicted molar refractivity (Wildman–Crippen MR) is 61.1 cm³/mol. The Morgan fingerprint density at radius 2 is 2.40 bits per heavy atom. The molecule has 1 aromatic rings. The van der Waals surface area contributed by atoms with Crippen LogP contribution in [0.15, 0.2) is 11.4 Å². The predicted octanol–water partition coefficient (Wildman–Crippen LogP) is 1.16. The fourth-order valence-electron chi connectivity index (χ4n) is 1.67. The van der Waals surface area contributed by atoms with Crippen LogP contribution in [0.2, 0.25) is 0 Å².